The largest absolute Gasteiger partial charge is 0.504 e. The van der Waals surface area contributed by atoms with Crippen LogP contribution >= 0.6 is 11.6 Å². The fourth-order valence-corrected chi connectivity index (χ4v) is 2.32. The van der Waals surface area contributed by atoms with Gasteiger partial charge in [-0.3, -0.25) is 4.79 Å². The van der Waals surface area contributed by atoms with E-state index in [2.05, 4.69) is 10.6 Å². The lowest BCUT2D eigenvalue weighted by molar-refractivity contribution is 0.0956. The predicted molar refractivity (Wildman–Crippen MR) is 91.4 cm³/mol. The van der Waals surface area contributed by atoms with Crippen LogP contribution in [0, 0.1) is 0 Å². The number of aromatic hydroxyl groups is 1. The van der Waals surface area contributed by atoms with Gasteiger partial charge in [0.1, 0.15) is 0 Å². The number of rotatable bonds is 6. The van der Waals surface area contributed by atoms with E-state index in [1.807, 2.05) is 6.92 Å². The lowest BCUT2D eigenvalue weighted by Gasteiger charge is -2.13. The summed E-state index contributed by atoms with van der Waals surface area (Å²) in [5.74, 6) is 0.316. The Labute approximate surface area is 140 Å². The summed E-state index contributed by atoms with van der Waals surface area (Å²) >= 11 is 5.98. The summed E-state index contributed by atoms with van der Waals surface area (Å²) in [5, 5.41) is 16.1. The van der Waals surface area contributed by atoms with E-state index in [1.54, 1.807) is 36.4 Å². The molecule has 0 aliphatic heterocycles. The Morgan fingerprint density at radius 3 is 2.74 bits per heavy atom. The molecule has 0 aromatic heterocycles. The number of carbonyl (C=O) groups is 1. The molecule has 0 bridgehead atoms. The lowest BCUT2D eigenvalue weighted by Crippen LogP contribution is -2.23. The molecule has 0 heterocycles. The van der Waals surface area contributed by atoms with Gasteiger partial charge in [0, 0.05) is 23.8 Å². The molecular weight excluding hydrogens is 316 g/mol. The average molecular weight is 335 g/mol. The number of hydrogen-bond acceptors (Lipinski definition) is 4. The topological polar surface area (TPSA) is 70.6 Å². The van der Waals surface area contributed by atoms with E-state index in [1.165, 1.54) is 7.11 Å². The quantitative estimate of drug-likeness (QED) is 0.757. The van der Waals surface area contributed by atoms with Crippen molar-refractivity contribution in [1.29, 1.82) is 0 Å². The number of nitrogens with one attached hydrogen (secondary N) is 2. The number of ether oxygens (including phenoxy) is 1. The predicted octanol–water partition coefficient (Wildman–Crippen LogP) is 3.42. The van der Waals surface area contributed by atoms with E-state index in [0.717, 1.165) is 5.56 Å². The number of halogens is 1. The molecular formula is C17H19ClN2O3. The average Bonchev–Trinajstić information content (AvgIpc) is 2.55. The van der Waals surface area contributed by atoms with Gasteiger partial charge in [-0.1, -0.05) is 17.7 Å². The van der Waals surface area contributed by atoms with Gasteiger partial charge in [-0.2, -0.15) is 0 Å². The number of carbonyl (C=O) groups excluding carboxylic acids is 1. The zero-order valence-electron chi connectivity index (χ0n) is 13.0. The van der Waals surface area contributed by atoms with Crippen molar-refractivity contribution in [3.8, 4) is 11.5 Å². The SMILES string of the molecule is CCNC(=O)c1cc(Cl)ccc1NCc1ccc(O)c(OC)c1. The van der Waals surface area contributed by atoms with E-state index in [9.17, 15) is 9.90 Å². The standard InChI is InChI=1S/C17H19ClN2O3/c1-3-19-17(22)13-9-12(18)5-6-14(13)20-10-11-4-7-15(21)16(8-11)23-2/h4-9,20-21H,3,10H2,1-2H3,(H,19,22). The van der Waals surface area contributed by atoms with E-state index in [-0.39, 0.29) is 11.7 Å². The zero-order chi connectivity index (χ0) is 16.8. The first kappa shape index (κ1) is 17.0. The minimum atomic E-state index is -0.180. The Balaban J connectivity index is 2.18. The highest BCUT2D eigenvalue weighted by Crippen LogP contribution is 2.27. The molecule has 2 aromatic rings. The third-order valence-corrected chi connectivity index (χ3v) is 3.53. The molecule has 0 radical (unpaired) electrons. The molecule has 0 aliphatic carbocycles. The normalized spacial score (nSPS) is 10.2. The zero-order valence-corrected chi connectivity index (χ0v) is 13.8. The third kappa shape index (κ3) is 4.29. The monoisotopic (exact) mass is 334 g/mol. The number of phenolic OH excluding ortho intramolecular Hbond substituents is 1. The molecule has 2 rings (SSSR count). The Hall–Kier alpha value is -2.40. The molecule has 0 saturated heterocycles. The second-order valence-corrected chi connectivity index (χ2v) is 5.35. The highest BCUT2D eigenvalue weighted by atomic mass is 35.5. The minimum Gasteiger partial charge on any atom is -0.504 e. The van der Waals surface area contributed by atoms with Crippen molar-refractivity contribution in [3.05, 3.63) is 52.5 Å². The van der Waals surface area contributed by atoms with Crippen molar-refractivity contribution < 1.29 is 14.6 Å². The maximum Gasteiger partial charge on any atom is 0.253 e. The summed E-state index contributed by atoms with van der Waals surface area (Å²) in [4.78, 5) is 12.1. The second kappa shape index (κ2) is 7.74. The van der Waals surface area contributed by atoms with Gasteiger partial charge in [0.05, 0.1) is 12.7 Å². The summed E-state index contributed by atoms with van der Waals surface area (Å²) < 4.78 is 5.09. The molecule has 122 valence electrons. The fraction of sp³-hybridized carbons (Fsp3) is 0.235. The summed E-state index contributed by atoms with van der Waals surface area (Å²) in [7, 11) is 1.50. The molecule has 2 aromatic carbocycles. The maximum atomic E-state index is 12.1. The highest BCUT2D eigenvalue weighted by molar-refractivity contribution is 6.31. The van der Waals surface area contributed by atoms with Crippen LogP contribution in [0.4, 0.5) is 5.69 Å². The van der Waals surface area contributed by atoms with Gasteiger partial charge in [-0.15, -0.1) is 0 Å². The van der Waals surface area contributed by atoms with Crippen molar-refractivity contribution in [1.82, 2.24) is 5.32 Å². The van der Waals surface area contributed by atoms with Gasteiger partial charge in [0.2, 0.25) is 0 Å². The molecule has 0 atom stereocenters. The van der Waals surface area contributed by atoms with Crippen molar-refractivity contribution in [3.63, 3.8) is 0 Å². The smallest absolute Gasteiger partial charge is 0.253 e. The highest BCUT2D eigenvalue weighted by Gasteiger charge is 2.11. The molecule has 5 nitrogen and oxygen atoms in total. The van der Waals surface area contributed by atoms with E-state index in [4.69, 9.17) is 16.3 Å². The first-order chi connectivity index (χ1) is 11.0. The van der Waals surface area contributed by atoms with Crippen LogP contribution in [-0.2, 0) is 6.54 Å². The van der Waals surface area contributed by atoms with E-state index < -0.39 is 0 Å². The molecule has 3 N–H and O–H groups in total. The van der Waals surface area contributed by atoms with Gasteiger partial charge in [0.25, 0.3) is 5.91 Å². The van der Waals surface area contributed by atoms with E-state index >= 15 is 0 Å². The Bertz CT molecular complexity index is 704. The molecule has 0 spiro atoms. The minimum absolute atomic E-state index is 0.0887. The molecule has 0 saturated carbocycles. The third-order valence-electron chi connectivity index (χ3n) is 3.29. The van der Waals surface area contributed by atoms with Crippen LogP contribution in [0.3, 0.4) is 0 Å². The van der Waals surface area contributed by atoms with Crippen LogP contribution in [-0.4, -0.2) is 24.7 Å². The van der Waals surface area contributed by atoms with Crippen molar-refractivity contribution in [2.24, 2.45) is 0 Å². The van der Waals surface area contributed by atoms with Crippen LogP contribution < -0.4 is 15.4 Å². The number of anilines is 1. The van der Waals surface area contributed by atoms with Crippen LogP contribution in [0.25, 0.3) is 0 Å². The van der Waals surface area contributed by atoms with Crippen LogP contribution in [0.1, 0.15) is 22.8 Å². The number of benzene rings is 2. The van der Waals surface area contributed by atoms with Crippen molar-refractivity contribution in [2.75, 3.05) is 19.0 Å². The summed E-state index contributed by atoms with van der Waals surface area (Å²) in [6.07, 6.45) is 0. The van der Waals surface area contributed by atoms with Gasteiger partial charge in [-0.25, -0.2) is 0 Å². The lowest BCUT2D eigenvalue weighted by atomic mass is 10.1. The van der Waals surface area contributed by atoms with Crippen LogP contribution in [0.5, 0.6) is 11.5 Å². The molecule has 0 fully saturated rings. The number of amides is 1. The number of hydrogen-bond donors (Lipinski definition) is 3. The fourth-order valence-electron chi connectivity index (χ4n) is 2.14. The number of phenols is 1. The molecule has 23 heavy (non-hydrogen) atoms. The van der Waals surface area contributed by atoms with Gasteiger partial charge < -0.3 is 20.5 Å². The van der Waals surface area contributed by atoms with Gasteiger partial charge in [0.15, 0.2) is 11.5 Å². The first-order valence-electron chi connectivity index (χ1n) is 7.22. The molecule has 0 aliphatic rings. The summed E-state index contributed by atoms with van der Waals surface area (Å²) in [6, 6.07) is 10.2. The van der Waals surface area contributed by atoms with E-state index in [0.29, 0.717) is 35.1 Å². The van der Waals surface area contributed by atoms with Crippen molar-refractivity contribution in [2.45, 2.75) is 13.5 Å². The molecule has 1 amide bonds. The summed E-state index contributed by atoms with van der Waals surface area (Å²) in [5.41, 5.74) is 2.09. The summed E-state index contributed by atoms with van der Waals surface area (Å²) in [6.45, 7) is 2.88. The Kier molecular flexibility index (Phi) is 5.71. The number of methoxy groups -OCH3 is 1. The second-order valence-electron chi connectivity index (χ2n) is 4.91. The van der Waals surface area contributed by atoms with Gasteiger partial charge in [-0.05, 0) is 42.8 Å². The molecule has 6 heteroatoms. The molecule has 0 unspecified atom stereocenters. The maximum absolute atomic E-state index is 12.1. The first-order valence-corrected chi connectivity index (χ1v) is 7.60. The Morgan fingerprint density at radius 2 is 2.04 bits per heavy atom. The Morgan fingerprint density at radius 1 is 1.26 bits per heavy atom. The van der Waals surface area contributed by atoms with Gasteiger partial charge >= 0.3 is 0 Å². The van der Waals surface area contributed by atoms with Crippen LogP contribution in [0.2, 0.25) is 5.02 Å². The van der Waals surface area contributed by atoms with Crippen molar-refractivity contribution >= 4 is 23.2 Å². The van der Waals surface area contributed by atoms with Crippen LogP contribution in [0.15, 0.2) is 36.4 Å².